The number of allylic oxidation sites excluding steroid dienone is 4. The van der Waals surface area contributed by atoms with Crippen LogP contribution < -0.4 is 4.90 Å². The normalized spacial score (nSPS) is 22.8. The van der Waals surface area contributed by atoms with Crippen LogP contribution in [0, 0.1) is 5.82 Å². The van der Waals surface area contributed by atoms with Gasteiger partial charge in [0, 0.05) is 35.8 Å². The lowest BCUT2D eigenvalue weighted by molar-refractivity contribution is 0.626. The minimum absolute atomic E-state index is 0.219. The van der Waals surface area contributed by atoms with Crippen LogP contribution in [0.5, 0.6) is 0 Å². The summed E-state index contributed by atoms with van der Waals surface area (Å²) < 4.78 is 13.4. The Morgan fingerprint density at radius 2 is 1.89 bits per heavy atom. The first kappa shape index (κ1) is 14.7. The van der Waals surface area contributed by atoms with Crippen LogP contribution in [0.4, 0.5) is 10.1 Å². The van der Waals surface area contributed by atoms with E-state index in [1.165, 1.54) is 12.1 Å². The fourth-order valence-corrected chi connectivity index (χ4v) is 3.37. The molecule has 0 aliphatic heterocycles. The summed E-state index contributed by atoms with van der Waals surface area (Å²) in [5.41, 5.74) is 1.64. The third-order valence-corrected chi connectivity index (χ3v) is 3.98. The molecular formula is C14H13Cl3FN. The highest BCUT2D eigenvalue weighted by Crippen LogP contribution is 2.42. The molecule has 102 valence electrons. The van der Waals surface area contributed by atoms with E-state index < -0.39 is 0 Å². The van der Waals surface area contributed by atoms with Crippen LogP contribution in [0.3, 0.4) is 0 Å². The Balaban J connectivity index is 2.51. The number of hydrogen-bond donors (Lipinski definition) is 0. The van der Waals surface area contributed by atoms with Crippen molar-refractivity contribution in [3.05, 3.63) is 51.8 Å². The molecule has 1 aromatic rings. The zero-order chi connectivity index (χ0) is 14.2. The lowest BCUT2D eigenvalue weighted by Gasteiger charge is -2.28. The van der Waals surface area contributed by atoms with E-state index in [1.807, 2.05) is 19.0 Å². The largest absolute Gasteiger partial charge is 0.377 e. The van der Waals surface area contributed by atoms with E-state index in [0.717, 1.165) is 11.3 Å². The van der Waals surface area contributed by atoms with Gasteiger partial charge in [-0.25, -0.2) is 4.39 Å². The fourth-order valence-electron chi connectivity index (χ4n) is 2.16. The maximum absolute atomic E-state index is 13.4. The quantitative estimate of drug-likeness (QED) is 0.705. The Kier molecular flexibility index (Phi) is 4.44. The van der Waals surface area contributed by atoms with E-state index in [4.69, 9.17) is 34.8 Å². The van der Waals surface area contributed by atoms with Gasteiger partial charge in [0.2, 0.25) is 0 Å². The zero-order valence-corrected chi connectivity index (χ0v) is 12.8. The molecule has 1 aromatic carbocycles. The average molecular weight is 321 g/mol. The summed E-state index contributed by atoms with van der Waals surface area (Å²) in [7, 11) is 3.70. The molecule has 0 saturated carbocycles. The first-order chi connectivity index (χ1) is 8.90. The molecule has 0 amide bonds. The highest BCUT2D eigenvalue weighted by Gasteiger charge is 2.29. The monoisotopic (exact) mass is 319 g/mol. The highest BCUT2D eigenvalue weighted by atomic mass is 35.5. The Morgan fingerprint density at radius 3 is 2.47 bits per heavy atom. The minimum Gasteiger partial charge on any atom is -0.377 e. The number of benzene rings is 1. The molecule has 0 bridgehead atoms. The molecule has 0 aromatic heterocycles. The molecule has 0 radical (unpaired) electrons. The molecule has 1 aliphatic carbocycles. The summed E-state index contributed by atoms with van der Waals surface area (Å²) in [5, 5.41) is 0.728. The van der Waals surface area contributed by atoms with E-state index >= 15 is 0 Å². The Hall–Kier alpha value is -0.700. The highest BCUT2D eigenvalue weighted by molar-refractivity contribution is 6.37. The van der Waals surface area contributed by atoms with E-state index in [0.29, 0.717) is 10.1 Å². The van der Waals surface area contributed by atoms with Crippen molar-refractivity contribution >= 4 is 40.5 Å². The van der Waals surface area contributed by atoms with Crippen molar-refractivity contribution in [3.63, 3.8) is 0 Å². The van der Waals surface area contributed by atoms with Gasteiger partial charge >= 0.3 is 0 Å². The molecule has 0 heterocycles. The van der Waals surface area contributed by atoms with Crippen molar-refractivity contribution in [2.45, 2.75) is 11.3 Å². The predicted octanol–water partition coefficient (Wildman–Crippen LogP) is 4.84. The zero-order valence-electron chi connectivity index (χ0n) is 10.5. The van der Waals surface area contributed by atoms with Crippen molar-refractivity contribution in [3.8, 4) is 0 Å². The van der Waals surface area contributed by atoms with Gasteiger partial charge in [0.1, 0.15) is 5.82 Å². The van der Waals surface area contributed by atoms with Gasteiger partial charge in [-0.3, -0.25) is 0 Å². The number of alkyl halides is 1. The minimum atomic E-state index is -0.353. The van der Waals surface area contributed by atoms with Crippen molar-refractivity contribution < 1.29 is 4.39 Å². The summed E-state index contributed by atoms with van der Waals surface area (Å²) in [5.74, 6) is -0.508. The summed E-state index contributed by atoms with van der Waals surface area (Å²) in [6.07, 6.45) is 3.41. The molecule has 2 atom stereocenters. The van der Waals surface area contributed by atoms with Gasteiger partial charge in [0.25, 0.3) is 0 Å². The van der Waals surface area contributed by atoms with Gasteiger partial charge in [-0.05, 0) is 29.8 Å². The molecule has 1 nitrogen and oxygen atoms in total. The molecule has 1 aliphatic rings. The lowest BCUT2D eigenvalue weighted by atomic mass is 9.90. The lowest BCUT2D eigenvalue weighted by Crippen LogP contribution is -2.19. The predicted molar refractivity (Wildman–Crippen MR) is 81.0 cm³/mol. The Bertz CT molecular complexity index is 552. The molecule has 0 saturated heterocycles. The second kappa shape index (κ2) is 5.74. The van der Waals surface area contributed by atoms with Gasteiger partial charge in [0.05, 0.1) is 5.38 Å². The molecule has 2 rings (SSSR count). The second-order valence-electron chi connectivity index (χ2n) is 4.60. The van der Waals surface area contributed by atoms with Gasteiger partial charge < -0.3 is 4.90 Å². The molecule has 5 heteroatoms. The van der Waals surface area contributed by atoms with Crippen molar-refractivity contribution in [1.82, 2.24) is 0 Å². The summed E-state index contributed by atoms with van der Waals surface area (Å²) >= 11 is 18.5. The van der Waals surface area contributed by atoms with Gasteiger partial charge in [-0.15, -0.1) is 11.6 Å². The molecular weight excluding hydrogens is 308 g/mol. The van der Waals surface area contributed by atoms with Crippen LogP contribution in [0.2, 0.25) is 0 Å². The molecule has 19 heavy (non-hydrogen) atoms. The van der Waals surface area contributed by atoms with Crippen LogP contribution in [0.15, 0.2) is 40.4 Å². The van der Waals surface area contributed by atoms with Crippen LogP contribution >= 0.6 is 34.8 Å². The summed E-state index contributed by atoms with van der Waals surface area (Å²) in [6, 6.07) is 4.60. The van der Waals surface area contributed by atoms with E-state index in [9.17, 15) is 4.39 Å². The number of anilines is 1. The van der Waals surface area contributed by atoms with Crippen LogP contribution in [-0.2, 0) is 0 Å². The first-order valence-electron chi connectivity index (χ1n) is 5.75. The Labute approximate surface area is 127 Å². The summed E-state index contributed by atoms with van der Waals surface area (Å²) in [6.45, 7) is 0. The van der Waals surface area contributed by atoms with Gasteiger partial charge in [-0.1, -0.05) is 29.3 Å². The van der Waals surface area contributed by atoms with Gasteiger partial charge in [0.15, 0.2) is 0 Å². The molecule has 0 spiro atoms. The smallest absolute Gasteiger partial charge is 0.125 e. The van der Waals surface area contributed by atoms with E-state index in [2.05, 4.69) is 0 Å². The maximum atomic E-state index is 13.4. The van der Waals surface area contributed by atoms with Crippen molar-refractivity contribution in [2.24, 2.45) is 0 Å². The van der Waals surface area contributed by atoms with Crippen molar-refractivity contribution in [1.29, 1.82) is 0 Å². The fraction of sp³-hybridized carbons (Fsp3) is 0.286. The number of nitrogens with zero attached hydrogens (tertiary/aromatic N) is 1. The Morgan fingerprint density at radius 1 is 1.21 bits per heavy atom. The standard InChI is InChI=1S/C14H13Cl3FN/c1-19(2)13-7-9(18)3-4-10(13)14-11(16)5-8(15)6-12(14)17/h3-7,11,14H,1-2H3. The molecule has 2 unspecified atom stereocenters. The number of hydrogen-bond acceptors (Lipinski definition) is 1. The SMILES string of the molecule is CN(C)c1cc(F)ccc1C1C(Cl)=CC(Cl)=CC1Cl. The van der Waals surface area contributed by atoms with Gasteiger partial charge in [-0.2, -0.15) is 0 Å². The second-order valence-corrected chi connectivity index (χ2v) is 5.98. The maximum Gasteiger partial charge on any atom is 0.125 e. The number of halogens is 4. The third-order valence-electron chi connectivity index (χ3n) is 3.02. The van der Waals surface area contributed by atoms with Crippen LogP contribution in [0.25, 0.3) is 0 Å². The average Bonchev–Trinajstić information content (AvgIpc) is 2.29. The van der Waals surface area contributed by atoms with E-state index in [1.54, 1.807) is 18.2 Å². The third kappa shape index (κ3) is 3.07. The van der Waals surface area contributed by atoms with E-state index in [-0.39, 0.29) is 17.1 Å². The van der Waals surface area contributed by atoms with Crippen LogP contribution in [0.1, 0.15) is 11.5 Å². The number of rotatable bonds is 2. The van der Waals surface area contributed by atoms with Crippen LogP contribution in [-0.4, -0.2) is 19.5 Å². The topological polar surface area (TPSA) is 3.24 Å². The first-order valence-corrected chi connectivity index (χ1v) is 6.94. The van der Waals surface area contributed by atoms with Crippen molar-refractivity contribution in [2.75, 3.05) is 19.0 Å². The summed E-state index contributed by atoms with van der Waals surface area (Å²) in [4.78, 5) is 1.84. The molecule has 0 fully saturated rings. The molecule has 0 N–H and O–H groups in total.